The molecule has 0 saturated carbocycles. The van der Waals surface area contributed by atoms with Gasteiger partial charge < -0.3 is 18.8 Å². The fourth-order valence-corrected chi connectivity index (χ4v) is 8.10. The van der Waals surface area contributed by atoms with E-state index in [0.717, 1.165) is 44.7 Å². The Kier molecular flexibility index (Phi) is 6.12. The molecule has 10 rings (SSSR count). The number of aromatic nitrogens is 1. The van der Waals surface area contributed by atoms with Crippen molar-refractivity contribution in [2.24, 2.45) is 0 Å². The number of nitrogens with zero attached hydrogens (tertiary/aromatic N) is 2. The van der Waals surface area contributed by atoms with Crippen LogP contribution in [0.4, 0.5) is 17.1 Å². The van der Waals surface area contributed by atoms with Gasteiger partial charge in [0.15, 0.2) is 22.4 Å². The molecule has 3 heterocycles. The molecule has 0 fully saturated rings. The first-order valence-electron chi connectivity index (χ1n) is 17.0. The van der Waals surface area contributed by atoms with Gasteiger partial charge in [0.25, 0.3) is 0 Å². The zero-order valence-corrected chi connectivity index (χ0v) is 28.2. The number of ether oxygens (including phenoxy) is 2. The summed E-state index contributed by atoms with van der Waals surface area (Å²) >= 11 is 0. The van der Waals surface area contributed by atoms with E-state index < -0.39 is 0 Å². The van der Waals surface area contributed by atoms with E-state index >= 15 is 0 Å². The monoisotopic (exact) mass is 662 g/mol. The number of para-hydroxylation sites is 3. The molecule has 0 aliphatic carbocycles. The van der Waals surface area contributed by atoms with Crippen LogP contribution in [0.2, 0.25) is 0 Å². The number of aryl methyl sites for hydroxylation is 3. The molecule has 0 N–H and O–H groups in total. The summed E-state index contributed by atoms with van der Waals surface area (Å²) in [6.07, 6.45) is 0. The van der Waals surface area contributed by atoms with Crippen LogP contribution >= 0.6 is 0 Å². The molecule has 0 saturated heterocycles. The van der Waals surface area contributed by atoms with Crippen molar-refractivity contribution in [3.05, 3.63) is 165 Å². The fourth-order valence-electron chi connectivity index (χ4n) is 8.10. The van der Waals surface area contributed by atoms with E-state index in [1.165, 1.54) is 5.56 Å². The molecule has 0 radical (unpaired) electrons. The molecular weight excluding hydrogens is 633 g/mol. The number of fused-ring (bicyclic) bond motifs is 7. The molecule has 6 nitrogen and oxygen atoms in total. The largest absolute Gasteiger partial charge is 0.457 e. The normalized spacial score (nSPS) is 12.5. The lowest BCUT2D eigenvalue weighted by molar-refractivity contribution is 0.477. The minimum Gasteiger partial charge on any atom is -0.457 e. The van der Waals surface area contributed by atoms with Crippen molar-refractivity contribution in [3.8, 4) is 23.0 Å². The highest BCUT2D eigenvalue weighted by Crippen LogP contribution is 2.53. The Labute approximate surface area is 292 Å². The van der Waals surface area contributed by atoms with Crippen LogP contribution in [0.1, 0.15) is 16.7 Å². The predicted octanol–water partition coefficient (Wildman–Crippen LogP) is 11.0. The smallest absolute Gasteiger partial charge is 0.197 e. The second kappa shape index (κ2) is 10.7. The Hall–Kier alpha value is -6.66. The van der Waals surface area contributed by atoms with Gasteiger partial charge in [-0.15, -0.1) is 0 Å². The van der Waals surface area contributed by atoms with E-state index in [4.69, 9.17) is 9.47 Å². The zero-order chi connectivity index (χ0) is 34.5. The molecule has 244 valence electrons. The van der Waals surface area contributed by atoms with Crippen molar-refractivity contribution in [1.29, 1.82) is 0 Å². The van der Waals surface area contributed by atoms with Gasteiger partial charge in [0.1, 0.15) is 11.5 Å². The number of pyridine rings is 2. The van der Waals surface area contributed by atoms with Crippen molar-refractivity contribution in [1.82, 2.24) is 4.40 Å². The fraction of sp³-hybridized carbons (Fsp3) is 0.0667. The van der Waals surface area contributed by atoms with Crippen molar-refractivity contribution >= 4 is 65.9 Å². The third-order valence-corrected chi connectivity index (χ3v) is 10.2. The zero-order valence-electron chi connectivity index (χ0n) is 28.2. The maximum absolute atomic E-state index is 14.5. The van der Waals surface area contributed by atoms with Gasteiger partial charge in [-0.25, -0.2) is 0 Å². The lowest BCUT2D eigenvalue weighted by Gasteiger charge is -2.35. The summed E-state index contributed by atoms with van der Waals surface area (Å²) in [5, 5.41) is 4.04. The Morgan fingerprint density at radius 1 is 0.549 bits per heavy atom. The minimum atomic E-state index is -0.155. The van der Waals surface area contributed by atoms with Crippen LogP contribution in [0.5, 0.6) is 23.0 Å². The molecule has 0 bridgehead atoms. The summed E-state index contributed by atoms with van der Waals surface area (Å²) in [4.78, 5) is 30.9. The van der Waals surface area contributed by atoms with Crippen molar-refractivity contribution in [2.45, 2.75) is 20.8 Å². The van der Waals surface area contributed by atoms with Gasteiger partial charge in [0, 0.05) is 27.6 Å². The first-order chi connectivity index (χ1) is 24.9. The number of rotatable bonds is 3. The highest BCUT2D eigenvalue weighted by atomic mass is 16.5. The van der Waals surface area contributed by atoms with Crippen LogP contribution in [-0.4, -0.2) is 4.40 Å². The summed E-state index contributed by atoms with van der Waals surface area (Å²) in [5.74, 6) is 2.60. The molecule has 6 heteroatoms. The molecule has 0 amide bonds. The number of benzene rings is 7. The van der Waals surface area contributed by atoms with Crippen LogP contribution in [0, 0.1) is 20.8 Å². The Morgan fingerprint density at radius 3 is 2.02 bits per heavy atom. The summed E-state index contributed by atoms with van der Waals surface area (Å²) < 4.78 is 15.1. The summed E-state index contributed by atoms with van der Waals surface area (Å²) in [6.45, 7) is 6.34. The summed E-state index contributed by atoms with van der Waals surface area (Å²) in [6, 6.07) is 41.2. The van der Waals surface area contributed by atoms with Crippen LogP contribution in [-0.2, 0) is 0 Å². The van der Waals surface area contributed by atoms with Crippen LogP contribution in [0.15, 0.2) is 137 Å². The van der Waals surface area contributed by atoms with Crippen LogP contribution in [0.3, 0.4) is 0 Å². The van der Waals surface area contributed by atoms with E-state index in [1.54, 1.807) is 18.2 Å². The standard InChI is InChI=1S/C45H30N2O4/c1-25-20-26(2)42(27(3)21-25)47-36-15-6-7-16-40(36)51-41-24-37-34(23-38(41)47)45(49)32-14-9-13-31-43(32)46(37)35-19-18-29(22-33(35)44(31)48)50-39-17-8-11-28-10-4-5-12-30(28)39/h4-24H,1-3H3. The molecule has 0 unspecified atom stereocenters. The molecule has 0 atom stereocenters. The Bertz CT molecular complexity index is 3040. The number of anilines is 3. The van der Waals surface area contributed by atoms with Crippen molar-refractivity contribution < 1.29 is 9.47 Å². The summed E-state index contributed by atoms with van der Waals surface area (Å²) in [5.41, 5.74) is 7.81. The molecule has 1 aliphatic rings. The number of hydrogen-bond donors (Lipinski definition) is 0. The quantitative estimate of drug-likeness (QED) is 0.139. The molecule has 1 aliphatic heterocycles. The van der Waals surface area contributed by atoms with Crippen molar-refractivity contribution in [2.75, 3.05) is 4.90 Å². The van der Waals surface area contributed by atoms with Crippen LogP contribution in [0.25, 0.3) is 48.9 Å². The van der Waals surface area contributed by atoms with E-state index in [9.17, 15) is 9.59 Å². The Balaban J connectivity index is 1.26. The molecule has 7 aromatic carbocycles. The SMILES string of the molecule is Cc1cc(C)c(N2c3ccccc3Oc3cc4c(cc32)c(=O)c2cccc3c(=O)c5cc(Oc6cccc7ccccc67)ccc5n4c32)c(C)c1. The van der Waals surface area contributed by atoms with Gasteiger partial charge in [-0.1, -0.05) is 72.3 Å². The first-order valence-corrected chi connectivity index (χ1v) is 17.0. The number of hydrogen-bond acceptors (Lipinski definition) is 5. The van der Waals surface area contributed by atoms with Gasteiger partial charge in [-0.2, -0.15) is 0 Å². The third kappa shape index (κ3) is 4.23. The second-order valence-corrected chi connectivity index (χ2v) is 13.4. The van der Waals surface area contributed by atoms with E-state index in [1.807, 2.05) is 101 Å². The molecule has 2 aromatic heterocycles. The second-order valence-electron chi connectivity index (χ2n) is 13.4. The van der Waals surface area contributed by atoms with E-state index in [0.29, 0.717) is 55.3 Å². The average Bonchev–Trinajstić information content (AvgIpc) is 3.13. The van der Waals surface area contributed by atoms with Gasteiger partial charge in [-0.05, 0) is 91.9 Å². The Morgan fingerprint density at radius 2 is 1.22 bits per heavy atom. The van der Waals surface area contributed by atoms with Gasteiger partial charge >= 0.3 is 0 Å². The minimum absolute atomic E-state index is 0.135. The maximum atomic E-state index is 14.5. The average molecular weight is 663 g/mol. The van der Waals surface area contributed by atoms with E-state index in [2.05, 4.69) is 37.8 Å². The lowest BCUT2D eigenvalue weighted by atomic mass is 9.99. The van der Waals surface area contributed by atoms with Gasteiger partial charge in [-0.3, -0.25) is 9.59 Å². The topological polar surface area (TPSA) is 60.2 Å². The molecule has 51 heavy (non-hydrogen) atoms. The van der Waals surface area contributed by atoms with Gasteiger partial charge in [0.05, 0.1) is 39.0 Å². The maximum Gasteiger partial charge on any atom is 0.197 e. The first kappa shape index (κ1) is 29.3. The highest BCUT2D eigenvalue weighted by molar-refractivity contribution is 6.09. The molecule has 0 spiro atoms. The summed E-state index contributed by atoms with van der Waals surface area (Å²) in [7, 11) is 0. The predicted molar refractivity (Wildman–Crippen MR) is 207 cm³/mol. The highest BCUT2D eigenvalue weighted by Gasteiger charge is 2.30. The lowest BCUT2D eigenvalue weighted by Crippen LogP contribution is -2.19. The van der Waals surface area contributed by atoms with Gasteiger partial charge in [0.2, 0.25) is 0 Å². The molecule has 9 aromatic rings. The van der Waals surface area contributed by atoms with Crippen molar-refractivity contribution in [3.63, 3.8) is 0 Å². The molecular formula is C45H30N2O4. The third-order valence-electron chi connectivity index (χ3n) is 10.2. The van der Waals surface area contributed by atoms with E-state index in [-0.39, 0.29) is 10.9 Å². The van der Waals surface area contributed by atoms with Crippen LogP contribution < -0.4 is 25.2 Å².